The second-order valence-corrected chi connectivity index (χ2v) is 5.92. The summed E-state index contributed by atoms with van der Waals surface area (Å²) in [6.07, 6.45) is 10.9. The minimum absolute atomic E-state index is 0.0318. The molecule has 5 atom stereocenters. The molecule has 0 aromatic carbocycles. The lowest BCUT2D eigenvalue weighted by atomic mass is 9.83. The van der Waals surface area contributed by atoms with Gasteiger partial charge in [-0.1, -0.05) is 39.3 Å². The largest absolute Gasteiger partial charge is 0.352 e. The first kappa shape index (κ1) is 14.1. The van der Waals surface area contributed by atoms with Crippen molar-refractivity contribution in [2.24, 2.45) is 17.8 Å². The van der Waals surface area contributed by atoms with Crippen LogP contribution in [0.15, 0.2) is 12.2 Å². The number of hydrogen-bond donors (Lipinski definition) is 0. The molecule has 0 N–H and O–H groups in total. The average molecular weight is 252 g/mol. The van der Waals surface area contributed by atoms with Crippen LogP contribution in [0.4, 0.5) is 0 Å². The summed E-state index contributed by atoms with van der Waals surface area (Å²) in [4.78, 5) is 0. The van der Waals surface area contributed by atoms with Crippen molar-refractivity contribution in [1.82, 2.24) is 0 Å². The van der Waals surface area contributed by atoms with Crippen LogP contribution in [0, 0.1) is 17.8 Å². The van der Waals surface area contributed by atoms with E-state index in [1.165, 1.54) is 19.3 Å². The van der Waals surface area contributed by atoms with Crippen molar-refractivity contribution in [2.45, 2.75) is 65.3 Å². The fraction of sp³-hybridized carbons (Fsp3) is 0.875. The Balaban J connectivity index is 1.96. The van der Waals surface area contributed by atoms with Gasteiger partial charge in [-0.05, 0) is 31.6 Å². The summed E-state index contributed by atoms with van der Waals surface area (Å²) in [5, 5.41) is 0. The molecular weight excluding hydrogens is 224 g/mol. The first-order valence-electron chi connectivity index (χ1n) is 7.68. The molecule has 0 amide bonds. The van der Waals surface area contributed by atoms with Gasteiger partial charge in [-0.3, -0.25) is 0 Å². The predicted octanol–water partition coefficient (Wildman–Crippen LogP) is 4.16. The van der Waals surface area contributed by atoms with Crippen molar-refractivity contribution in [1.29, 1.82) is 0 Å². The Morgan fingerprint density at radius 3 is 2.61 bits per heavy atom. The van der Waals surface area contributed by atoms with E-state index < -0.39 is 0 Å². The standard InChI is InChI=1S/C16H28O2/c1-4-8-15-13(5-2)11-17-16(18-15)14-10-7-6-9-12(14)3/h6-7,12-16H,4-5,8-11H2,1-3H3/t12-,13-,14+,15-,16-/m0/s1. The van der Waals surface area contributed by atoms with Gasteiger partial charge in [-0.15, -0.1) is 0 Å². The molecule has 18 heavy (non-hydrogen) atoms. The molecule has 2 nitrogen and oxygen atoms in total. The summed E-state index contributed by atoms with van der Waals surface area (Å²) < 4.78 is 12.3. The second kappa shape index (κ2) is 6.72. The number of hydrogen-bond acceptors (Lipinski definition) is 2. The van der Waals surface area contributed by atoms with E-state index >= 15 is 0 Å². The van der Waals surface area contributed by atoms with Crippen molar-refractivity contribution < 1.29 is 9.47 Å². The third-order valence-corrected chi connectivity index (χ3v) is 4.57. The summed E-state index contributed by atoms with van der Waals surface area (Å²) in [7, 11) is 0. The summed E-state index contributed by atoms with van der Waals surface area (Å²) >= 11 is 0. The van der Waals surface area contributed by atoms with Crippen molar-refractivity contribution in [2.75, 3.05) is 6.61 Å². The molecule has 1 aliphatic carbocycles. The van der Waals surface area contributed by atoms with E-state index in [0.717, 1.165) is 19.4 Å². The zero-order valence-corrected chi connectivity index (χ0v) is 12.1. The van der Waals surface area contributed by atoms with Gasteiger partial charge in [0.25, 0.3) is 0 Å². The van der Waals surface area contributed by atoms with Crippen molar-refractivity contribution in [3.63, 3.8) is 0 Å². The van der Waals surface area contributed by atoms with Crippen molar-refractivity contribution in [3.8, 4) is 0 Å². The maximum absolute atomic E-state index is 6.28. The highest BCUT2D eigenvalue weighted by Crippen LogP contribution is 2.35. The Labute approximate surface area is 112 Å². The highest BCUT2D eigenvalue weighted by molar-refractivity contribution is 4.95. The topological polar surface area (TPSA) is 18.5 Å². The lowest BCUT2D eigenvalue weighted by molar-refractivity contribution is -0.264. The lowest BCUT2D eigenvalue weighted by Gasteiger charge is -2.41. The van der Waals surface area contributed by atoms with Crippen LogP contribution in [-0.4, -0.2) is 19.0 Å². The maximum atomic E-state index is 6.28. The molecule has 2 rings (SSSR count). The molecule has 1 heterocycles. The van der Waals surface area contributed by atoms with E-state index in [-0.39, 0.29) is 6.29 Å². The summed E-state index contributed by atoms with van der Waals surface area (Å²) in [6.45, 7) is 7.69. The Morgan fingerprint density at radius 2 is 1.94 bits per heavy atom. The van der Waals surface area contributed by atoms with E-state index in [2.05, 4.69) is 32.9 Å². The van der Waals surface area contributed by atoms with Gasteiger partial charge in [0.15, 0.2) is 6.29 Å². The summed E-state index contributed by atoms with van der Waals surface area (Å²) in [5.74, 6) is 1.82. The average Bonchev–Trinajstić information content (AvgIpc) is 2.40. The van der Waals surface area contributed by atoms with Gasteiger partial charge >= 0.3 is 0 Å². The molecule has 0 aromatic heterocycles. The fourth-order valence-electron chi connectivity index (χ4n) is 3.19. The quantitative estimate of drug-likeness (QED) is 0.700. The molecule has 0 spiro atoms. The van der Waals surface area contributed by atoms with E-state index in [0.29, 0.717) is 23.9 Å². The zero-order chi connectivity index (χ0) is 13.0. The van der Waals surface area contributed by atoms with Gasteiger partial charge in [-0.2, -0.15) is 0 Å². The third-order valence-electron chi connectivity index (χ3n) is 4.57. The molecule has 1 fully saturated rings. The van der Waals surface area contributed by atoms with Gasteiger partial charge in [0, 0.05) is 11.8 Å². The normalized spacial score (nSPS) is 40.9. The molecule has 104 valence electrons. The molecule has 0 bridgehead atoms. The van der Waals surface area contributed by atoms with Crippen LogP contribution in [0.2, 0.25) is 0 Å². The van der Waals surface area contributed by atoms with E-state index in [4.69, 9.17) is 9.47 Å². The minimum Gasteiger partial charge on any atom is -0.352 e. The SMILES string of the molecule is CCC[C@@H]1O[C@@H]([C@@H]2CC=CC[C@@H]2C)OC[C@@H]1CC. The molecule has 0 saturated carbocycles. The van der Waals surface area contributed by atoms with Crippen molar-refractivity contribution in [3.05, 3.63) is 12.2 Å². The number of ether oxygens (including phenoxy) is 2. The molecule has 0 unspecified atom stereocenters. The summed E-state index contributed by atoms with van der Waals surface area (Å²) in [5.41, 5.74) is 0. The minimum atomic E-state index is 0.0318. The Bertz CT molecular complexity index is 274. The van der Waals surface area contributed by atoms with Gasteiger partial charge < -0.3 is 9.47 Å². The zero-order valence-electron chi connectivity index (χ0n) is 12.1. The predicted molar refractivity (Wildman–Crippen MR) is 74.3 cm³/mol. The Hall–Kier alpha value is -0.340. The second-order valence-electron chi connectivity index (χ2n) is 5.92. The van der Waals surface area contributed by atoms with E-state index in [1.54, 1.807) is 0 Å². The summed E-state index contributed by atoms with van der Waals surface area (Å²) in [6, 6.07) is 0. The highest BCUT2D eigenvalue weighted by Gasteiger charge is 2.36. The molecule has 1 aliphatic heterocycles. The number of rotatable bonds is 4. The van der Waals surface area contributed by atoms with Gasteiger partial charge in [0.2, 0.25) is 0 Å². The first-order chi connectivity index (χ1) is 8.76. The van der Waals surface area contributed by atoms with Crippen LogP contribution in [0.3, 0.4) is 0 Å². The van der Waals surface area contributed by atoms with Crippen LogP contribution in [-0.2, 0) is 9.47 Å². The molecule has 0 radical (unpaired) electrons. The van der Waals surface area contributed by atoms with E-state index in [1.807, 2.05) is 0 Å². The molecular formula is C16H28O2. The Kier molecular flexibility index (Phi) is 5.25. The van der Waals surface area contributed by atoms with Gasteiger partial charge in [0.1, 0.15) is 0 Å². The molecule has 0 aromatic rings. The monoisotopic (exact) mass is 252 g/mol. The number of allylic oxidation sites excluding steroid dienone is 2. The van der Waals surface area contributed by atoms with Crippen LogP contribution < -0.4 is 0 Å². The van der Waals surface area contributed by atoms with Crippen LogP contribution in [0.25, 0.3) is 0 Å². The lowest BCUT2D eigenvalue weighted by Crippen LogP contribution is -2.44. The molecule has 1 saturated heterocycles. The highest BCUT2D eigenvalue weighted by atomic mass is 16.7. The van der Waals surface area contributed by atoms with Gasteiger partial charge in [0.05, 0.1) is 12.7 Å². The van der Waals surface area contributed by atoms with Crippen LogP contribution in [0.5, 0.6) is 0 Å². The van der Waals surface area contributed by atoms with Gasteiger partial charge in [-0.25, -0.2) is 0 Å². The first-order valence-corrected chi connectivity index (χ1v) is 7.68. The molecule has 2 heteroatoms. The molecule has 2 aliphatic rings. The van der Waals surface area contributed by atoms with Crippen LogP contribution in [0.1, 0.15) is 52.9 Å². The van der Waals surface area contributed by atoms with Crippen LogP contribution >= 0.6 is 0 Å². The smallest absolute Gasteiger partial charge is 0.161 e. The maximum Gasteiger partial charge on any atom is 0.161 e. The fourth-order valence-corrected chi connectivity index (χ4v) is 3.19. The van der Waals surface area contributed by atoms with E-state index in [9.17, 15) is 0 Å². The Morgan fingerprint density at radius 1 is 1.17 bits per heavy atom. The third kappa shape index (κ3) is 3.16. The van der Waals surface area contributed by atoms with Crippen molar-refractivity contribution >= 4 is 0 Å².